The average Bonchev–Trinajstić information content (AvgIpc) is 2.47. The second-order valence-corrected chi connectivity index (χ2v) is 5.70. The quantitative estimate of drug-likeness (QED) is 0.531. The topological polar surface area (TPSA) is 52.3 Å². The van der Waals surface area contributed by atoms with Crippen LogP contribution < -0.4 is 10.5 Å². The Labute approximate surface area is 145 Å². The van der Waals surface area contributed by atoms with Crippen LogP contribution >= 0.6 is 27.5 Å². The zero-order chi connectivity index (χ0) is 18.2. The number of carbonyl (C=O) groups is 1. The minimum Gasteiger partial charge on any atom is -0.453 e. The molecule has 0 saturated heterocycles. The molecule has 0 fully saturated rings. The Kier molecular flexibility index (Phi) is 5.05. The van der Waals surface area contributed by atoms with Gasteiger partial charge in [-0.3, -0.25) is 4.79 Å². The molecule has 2 rings (SSSR count). The molecule has 0 radical (unpaired) electrons. The number of hydrogen-bond acceptors (Lipinski definition) is 2. The van der Waals surface area contributed by atoms with Gasteiger partial charge in [-0.2, -0.15) is 13.2 Å². The maximum Gasteiger partial charge on any atom is 0.419 e. The summed E-state index contributed by atoms with van der Waals surface area (Å²) in [5.41, 5.74) is 3.23. The maximum absolute atomic E-state index is 13.9. The molecule has 0 unspecified atom stereocenters. The van der Waals surface area contributed by atoms with Crippen LogP contribution in [0.25, 0.3) is 0 Å². The number of hydrogen-bond donors (Lipinski definition) is 1. The summed E-state index contributed by atoms with van der Waals surface area (Å²) in [6.07, 6.45) is -5.12. The molecule has 0 heterocycles. The van der Waals surface area contributed by atoms with Crippen molar-refractivity contribution in [2.45, 2.75) is 6.18 Å². The molecule has 0 aromatic heterocycles. The Morgan fingerprint density at radius 2 is 1.83 bits per heavy atom. The summed E-state index contributed by atoms with van der Waals surface area (Å²) in [4.78, 5) is 11.2. The fourth-order valence-corrected chi connectivity index (χ4v) is 2.43. The SMILES string of the molecule is NC(=O)c1cc(Oc2c(F)cc(C(F)(F)F)c(F)c2Cl)ccc1Br. The normalized spacial score (nSPS) is 11.5. The van der Waals surface area contributed by atoms with Crippen LogP contribution in [-0.2, 0) is 6.18 Å². The van der Waals surface area contributed by atoms with Crippen LogP contribution in [0.4, 0.5) is 22.0 Å². The van der Waals surface area contributed by atoms with Gasteiger partial charge in [0.05, 0.1) is 11.1 Å². The van der Waals surface area contributed by atoms with Gasteiger partial charge in [-0.05, 0) is 40.2 Å². The van der Waals surface area contributed by atoms with Gasteiger partial charge in [0.1, 0.15) is 10.8 Å². The summed E-state index contributed by atoms with van der Waals surface area (Å²) in [6, 6.07) is 3.62. The fourth-order valence-electron chi connectivity index (χ4n) is 1.75. The van der Waals surface area contributed by atoms with Crippen LogP contribution in [0.15, 0.2) is 28.7 Å². The van der Waals surface area contributed by atoms with Crippen LogP contribution in [0.3, 0.4) is 0 Å². The van der Waals surface area contributed by atoms with Gasteiger partial charge in [-0.15, -0.1) is 0 Å². The van der Waals surface area contributed by atoms with Gasteiger partial charge in [-0.1, -0.05) is 11.6 Å². The predicted octanol–water partition coefficient (Wildman–Crippen LogP) is 5.29. The highest BCUT2D eigenvalue weighted by Gasteiger charge is 2.37. The van der Waals surface area contributed by atoms with E-state index in [2.05, 4.69) is 15.9 Å². The van der Waals surface area contributed by atoms with Gasteiger partial charge in [0.25, 0.3) is 0 Å². The molecule has 0 saturated carbocycles. The number of ether oxygens (including phenoxy) is 1. The number of carbonyl (C=O) groups excluding carboxylic acids is 1. The van der Waals surface area contributed by atoms with Crippen LogP contribution in [0, 0.1) is 11.6 Å². The van der Waals surface area contributed by atoms with Gasteiger partial charge >= 0.3 is 6.18 Å². The van der Waals surface area contributed by atoms with Crippen molar-refractivity contribution >= 4 is 33.4 Å². The van der Waals surface area contributed by atoms with E-state index in [1.165, 1.54) is 12.1 Å². The van der Waals surface area contributed by atoms with E-state index in [4.69, 9.17) is 22.1 Å². The van der Waals surface area contributed by atoms with E-state index in [-0.39, 0.29) is 17.4 Å². The van der Waals surface area contributed by atoms with Crippen molar-refractivity contribution in [1.29, 1.82) is 0 Å². The molecular formula is C14H6BrClF5NO2. The van der Waals surface area contributed by atoms with Gasteiger partial charge in [-0.25, -0.2) is 8.78 Å². The number of halogens is 7. The van der Waals surface area contributed by atoms with Crippen molar-refractivity contribution in [2.24, 2.45) is 5.73 Å². The molecule has 3 nitrogen and oxygen atoms in total. The highest BCUT2D eigenvalue weighted by Crippen LogP contribution is 2.41. The Morgan fingerprint density at radius 3 is 2.38 bits per heavy atom. The molecule has 128 valence electrons. The second-order valence-electron chi connectivity index (χ2n) is 4.47. The lowest BCUT2D eigenvalue weighted by Gasteiger charge is -2.14. The summed E-state index contributed by atoms with van der Waals surface area (Å²) in [7, 11) is 0. The van der Waals surface area contributed by atoms with E-state index in [1.807, 2.05) is 0 Å². The van der Waals surface area contributed by atoms with E-state index in [0.717, 1.165) is 6.07 Å². The summed E-state index contributed by atoms with van der Waals surface area (Å²) >= 11 is 8.50. The summed E-state index contributed by atoms with van der Waals surface area (Å²) in [6.45, 7) is 0. The molecule has 10 heteroatoms. The molecule has 24 heavy (non-hydrogen) atoms. The minimum absolute atomic E-state index is 0.0311. The first-order valence-corrected chi connectivity index (χ1v) is 7.21. The summed E-state index contributed by atoms with van der Waals surface area (Å²) < 4.78 is 70.7. The summed E-state index contributed by atoms with van der Waals surface area (Å²) in [5.74, 6) is -5.34. The van der Waals surface area contributed by atoms with Crippen molar-refractivity contribution in [3.05, 3.63) is 56.5 Å². The number of primary amides is 1. The fraction of sp³-hybridized carbons (Fsp3) is 0.0714. The van der Waals surface area contributed by atoms with E-state index < -0.39 is 40.1 Å². The second kappa shape index (κ2) is 6.56. The van der Waals surface area contributed by atoms with Crippen LogP contribution in [0.5, 0.6) is 11.5 Å². The zero-order valence-electron chi connectivity index (χ0n) is 11.3. The van der Waals surface area contributed by atoms with Crippen molar-refractivity contribution in [1.82, 2.24) is 0 Å². The third kappa shape index (κ3) is 3.62. The Bertz CT molecular complexity index is 826. The number of benzene rings is 2. The van der Waals surface area contributed by atoms with Gasteiger partial charge < -0.3 is 10.5 Å². The number of nitrogens with two attached hydrogens (primary N) is 1. The van der Waals surface area contributed by atoms with Crippen LogP contribution in [-0.4, -0.2) is 5.91 Å². The summed E-state index contributed by atoms with van der Waals surface area (Å²) in [5, 5.41) is -1.18. The Balaban J connectivity index is 2.50. The lowest BCUT2D eigenvalue weighted by atomic mass is 10.1. The largest absolute Gasteiger partial charge is 0.453 e. The standard InChI is InChI=1S/C14H6BrClF5NO2/c15-8-2-1-5(3-6(8)13(22)23)24-12-9(17)4-7(14(19,20)21)11(18)10(12)16/h1-4H,(H2,22,23). The van der Waals surface area contributed by atoms with E-state index in [0.29, 0.717) is 4.47 Å². The van der Waals surface area contributed by atoms with Gasteiger partial charge in [0.15, 0.2) is 17.4 Å². The Morgan fingerprint density at radius 1 is 1.21 bits per heavy atom. The van der Waals surface area contributed by atoms with Gasteiger partial charge in [0, 0.05) is 4.47 Å². The number of amides is 1. The lowest BCUT2D eigenvalue weighted by molar-refractivity contribution is -0.140. The molecule has 1 amide bonds. The third-order valence-corrected chi connectivity index (χ3v) is 3.87. The predicted molar refractivity (Wildman–Crippen MR) is 79.1 cm³/mol. The first-order chi connectivity index (χ1) is 11.0. The third-order valence-electron chi connectivity index (χ3n) is 2.85. The monoisotopic (exact) mass is 429 g/mol. The van der Waals surface area contributed by atoms with E-state index >= 15 is 0 Å². The average molecular weight is 431 g/mol. The molecule has 2 aromatic carbocycles. The number of alkyl halides is 3. The highest BCUT2D eigenvalue weighted by atomic mass is 79.9. The highest BCUT2D eigenvalue weighted by molar-refractivity contribution is 9.10. The molecule has 2 aromatic rings. The molecule has 2 N–H and O–H groups in total. The molecule has 0 aliphatic carbocycles. The minimum atomic E-state index is -5.12. The first-order valence-electron chi connectivity index (χ1n) is 6.04. The number of rotatable bonds is 3. The first kappa shape index (κ1) is 18.5. The molecular weight excluding hydrogens is 425 g/mol. The van der Waals surface area contributed by atoms with Crippen molar-refractivity contribution in [2.75, 3.05) is 0 Å². The van der Waals surface area contributed by atoms with Gasteiger partial charge in [0.2, 0.25) is 5.91 Å². The van der Waals surface area contributed by atoms with Crippen molar-refractivity contribution < 1.29 is 31.5 Å². The van der Waals surface area contributed by atoms with Crippen LogP contribution in [0.2, 0.25) is 5.02 Å². The zero-order valence-corrected chi connectivity index (χ0v) is 13.7. The molecule has 0 aliphatic rings. The molecule has 0 bridgehead atoms. The molecule has 0 spiro atoms. The van der Waals surface area contributed by atoms with Crippen molar-refractivity contribution in [3.8, 4) is 11.5 Å². The lowest BCUT2D eigenvalue weighted by Crippen LogP contribution is -2.12. The van der Waals surface area contributed by atoms with E-state index in [9.17, 15) is 26.7 Å². The van der Waals surface area contributed by atoms with E-state index in [1.54, 1.807) is 0 Å². The van der Waals surface area contributed by atoms with Crippen molar-refractivity contribution in [3.63, 3.8) is 0 Å². The molecule has 0 aliphatic heterocycles. The molecule has 0 atom stereocenters. The van der Waals surface area contributed by atoms with Crippen LogP contribution in [0.1, 0.15) is 15.9 Å². The maximum atomic E-state index is 13.9. The Hall–Kier alpha value is -1.87. The smallest absolute Gasteiger partial charge is 0.419 e.